The predicted octanol–water partition coefficient (Wildman–Crippen LogP) is 5.28. The first kappa shape index (κ1) is 48.4. The van der Waals surface area contributed by atoms with Crippen molar-refractivity contribution in [1.29, 1.82) is 5.26 Å². The van der Waals surface area contributed by atoms with Crippen molar-refractivity contribution >= 4 is 40.5 Å². The Kier molecular flexibility index (Phi) is 14.5. The smallest absolute Gasteiger partial charge is 0.324 e. The van der Waals surface area contributed by atoms with Crippen LogP contribution in [0.1, 0.15) is 76.3 Å². The van der Waals surface area contributed by atoms with Crippen molar-refractivity contribution in [2.24, 2.45) is 17.3 Å². The van der Waals surface area contributed by atoms with Gasteiger partial charge < -0.3 is 34.3 Å². The largest absolute Gasteiger partial charge is 0.508 e. The van der Waals surface area contributed by atoms with Gasteiger partial charge in [0.05, 0.1) is 36.1 Å². The Hall–Kier alpha value is -6.57. The molecule has 3 aliphatic heterocycles. The number of hydrogen-bond acceptors (Lipinski definition) is 11. The molecule has 1 unspecified atom stereocenters. The number of esters is 1. The maximum Gasteiger partial charge on any atom is 0.324 e. The second-order valence-corrected chi connectivity index (χ2v) is 19.1. The average molecular weight is 915 g/mol. The highest BCUT2D eigenvalue weighted by atomic mass is 16.5. The number of carbonyl (C=O) groups is 5. The van der Waals surface area contributed by atoms with Crippen LogP contribution in [0.15, 0.2) is 61.3 Å². The highest BCUT2D eigenvalue weighted by molar-refractivity contribution is 5.96. The Bertz CT molecular complexity index is 2630. The van der Waals surface area contributed by atoms with Crippen molar-refractivity contribution in [2.45, 2.75) is 98.0 Å². The number of phenols is 1. The van der Waals surface area contributed by atoms with E-state index in [-0.39, 0.29) is 56.2 Å². The molecule has 4 amide bonds. The molecule has 354 valence electrons. The van der Waals surface area contributed by atoms with Gasteiger partial charge in [0.1, 0.15) is 29.9 Å². The number of fused-ring (bicyclic) bond motifs is 6. The van der Waals surface area contributed by atoms with E-state index in [2.05, 4.69) is 45.9 Å². The van der Waals surface area contributed by atoms with E-state index < -0.39 is 47.2 Å². The van der Waals surface area contributed by atoms with Gasteiger partial charge >= 0.3 is 5.97 Å². The minimum Gasteiger partial charge on any atom is -0.508 e. The molecule has 2 fully saturated rings. The fourth-order valence-electron chi connectivity index (χ4n) is 9.92. The fourth-order valence-corrected chi connectivity index (χ4v) is 9.92. The molecule has 4 aromatic rings. The van der Waals surface area contributed by atoms with Gasteiger partial charge in [-0.05, 0) is 97.2 Å². The van der Waals surface area contributed by atoms with Crippen LogP contribution in [0.25, 0.3) is 33.3 Å². The summed E-state index contributed by atoms with van der Waals surface area (Å²) in [6.07, 6.45) is 4.53. The van der Waals surface area contributed by atoms with Gasteiger partial charge in [-0.15, -0.1) is 0 Å². The summed E-state index contributed by atoms with van der Waals surface area (Å²) in [6, 6.07) is 12.3. The highest BCUT2D eigenvalue weighted by Gasteiger charge is 2.40. The average Bonchev–Trinajstić information content (AvgIpc) is 3.92. The van der Waals surface area contributed by atoms with E-state index in [0.29, 0.717) is 61.2 Å². The molecule has 7 rings (SSSR count). The van der Waals surface area contributed by atoms with Crippen LogP contribution in [0.5, 0.6) is 5.75 Å². The molecule has 2 aromatic heterocycles. The second kappa shape index (κ2) is 20.1. The number of carbonyl (C=O) groups excluding carboxylic acids is 5. The number of hydrazine groups is 1. The summed E-state index contributed by atoms with van der Waals surface area (Å²) >= 11 is 0. The molecular weight excluding hydrogens is 853 g/mol. The molecule has 5 heterocycles. The Labute approximate surface area is 391 Å². The van der Waals surface area contributed by atoms with Gasteiger partial charge in [-0.25, -0.2) is 5.43 Å². The van der Waals surface area contributed by atoms with Crippen LogP contribution >= 0.6 is 0 Å². The Morgan fingerprint density at radius 3 is 2.61 bits per heavy atom. The summed E-state index contributed by atoms with van der Waals surface area (Å²) in [4.78, 5) is 77.0. The zero-order chi connectivity index (χ0) is 48.3. The van der Waals surface area contributed by atoms with Crippen LogP contribution in [0.3, 0.4) is 0 Å². The lowest BCUT2D eigenvalue weighted by molar-refractivity contribution is -0.155. The third-order valence-corrected chi connectivity index (χ3v) is 13.2. The van der Waals surface area contributed by atoms with Crippen LogP contribution in [-0.2, 0) is 59.4 Å². The number of benzene rings is 2. The number of pyridine rings is 1. The number of nitrogens with zero attached hydrogens (tertiary/aromatic N) is 6. The Morgan fingerprint density at radius 2 is 1.91 bits per heavy atom. The number of nitrogens with one attached hydrogen (secondary N) is 2. The van der Waals surface area contributed by atoms with E-state index in [1.54, 1.807) is 37.4 Å². The SMILES string of the molecule is C=CC(=O)N1CC[C@H](C(=O)N(C)C(C(=O)N[C@H]2Cc3cc(O)cc(c3)-c3ccc4c(c3)c(c(-c3cc(C#N)cnc3COC)n4CC)CC(C)(C)COC(=O)[C@@H]3CCCN(N3)C2=O)C(C)C)C1. The number of aromatic nitrogens is 2. The lowest BCUT2D eigenvalue weighted by Gasteiger charge is -2.37. The van der Waals surface area contributed by atoms with Crippen molar-refractivity contribution in [1.82, 2.24) is 35.1 Å². The summed E-state index contributed by atoms with van der Waals surface area (Å²) in [5.41, 5.74) is 9.10. The molecule has 0 aliphatic carbocycles. The number of cyclic esters (lactones) is 1. The quantitative estimate of drug-likeness (QED) is 0.138. The number of likely N-dealkylation sites (N-methyl/N-ethyl adjacent to an activating group) is 1. The van der Waals surface area contributed by atoms with Crippen molar-refractivity contribution in [3.05, 3.63) is 83.7 Å². The van der Waals surface area contributed by atoms with Gasteiger partial charge in [-0.1, -0.05) is 46.4 Å². The maximum absolute atomic E-state index is 14.7. The number of hydrogen-bond donors (Lipinski definition) is 3. The van der Waals surface area contributed by atoms with Crippen LogP contribution < -0.4 is 10.7 Å². The van der Waals surface area contributed by atoms with E-state index in [1.807, 2.05) is 52.0 Å². The number of phenolic OH excluding ortho intramolecular Hbond substituents is 1. The summed E-state index contributed by atoms with van der Waals surface area (Å²) in [6.45, 7) is 15.1. The number of amides is 4. The highest BCUT2D eigenvalue weighted by Crippen LogP contribution is 2.41. The second-order valence-electron chi connectivity index (χ2n) is 19.1. The normalized spacial score (nSPS) is 20.2. The molecule has 3 N–H and O–H groups in total. The molecule has 67 heavy (non-hydrogen) atoms. The molecule has 2 saturated heterocycles. The standard InChI is InChI=1S/C51H62N8O8/c1-9-44(61)57-17-15-34(27-57)48(63)56(7)45(30(3)4)47(62)54-41-21-31-18-35(22-36(60)19-31)33-13-14-43-37(23-33)39(46(58(43)10-2)38-20-32(25-52)26-53-42(38)28-66-8)24-51(5,6)29-67-50(65)40-12-11-16-59(55-40)49(41)64/h9,13-14,18-20,22-23,26,30,34,40-41,45,55,60H,1,10-12,15-17,21,24,27-29H2,2-8H3,(H,54,62)/t34-,40-,41-,45?/m0/s1. The Balaban J connectivity index is 1.32. The first-order valence-corrected chi connectivity index (χ1v) is 23.1. The van der Waals surface area contributed by atoms with Crippen LogP contribution in [-0.4, -0.2) is 118 Å². The number of aromatic hydroxyl groups is 1. The van der Waals surface area contributed by atoms with Crippen LogP contribution in [0.4, 0.5) is 0 Å². The van der Waals surface area contributed by atoms with Crippen molar-refractivity contribution < 1.29 is 38.6 Å². The number of nitriles is 1. The van der Waals surface area contributed by atoms with Gasteiger partial charge in [0.25, 0.3) is 5.91 Å². The molecule has 4 atom stereocenters. The van der Waals surface area contributed by atoms with Crippen LogP contribution in [0.2, 0.25) is 0 Å². The monoisotopic (exact) mass is 914 g/mol. The summed E-state index contributed by atoms with van der Waals surface area (Å²) in [5.74, 6) is -3.01. The van der Waals surface area contributed by atoms with Gasteiger partial charge in [0.15, 0.2) is 0 Å². The van der Waals surface area contributed by atoms with Crippen molar-refractivity contribution in [3.63, 3.8) is 0 Å². The number of ether oxygens (including phenoxy) is 2. The lowest BCUT2D eigenvalue weighted by atomic mass is 9.84. The molecule has 16 heteroatoms. The van der Waals surface area contributed by atoms with E-state index in [1.165, 1.54) is 16.0 Å². The molecule has 2 aromatic carbocycles. The van der Waals surface area contributed by atoms with Gasteiger partial charge in [-0.3, -0.25) is 34.0 Å². The fraction of sp³-hybridized carbons (Fsp3) is 0.471. The summed E-state index contributed by atoms with van der Waals surface area (Å²) in [7, 11) is 3.17. The van der Waals surface area contributed by atoms with Crippen molar-refractivity contribution in [3.8, 4) is 34.2 Å². The molecule has 3 aliphatic rings. The molecule has 0 radical (unpaired) electrons. The minimum atomic E-state index is -1.19. The minimum absolute atomic E-state index is 0.0362. The maximum atomic E-state index is 14.7. The molecular formula is C51H62N8O8. The Morgan fingerprint density at radius 1 is 1.13 bits per heavy atom. The predicted molar refractivity (Wildman–Crippen MR) is 252 cm³/mol. The molecule has 6 bridgehead atoms. The van der Waals surface area contributed by atoms with Gasteiger partial charge in [-0.2, -0.15) is 5.26 Å². The number of rotatable bonds is 10. The van der Waals surface area contributed by atoms with Gasteiger partial charge in [0, 0.05) is 74.8 Å². The van der Waals surface area contributed by atoms with Crippen molar-refractivity contribution in [2.75, 3.05) is 40.4 Å². The number of aryl methyl sites for hydroxylation is 1. The summed E-state index contributed by atoms with van der Waals surface area (Å²) in [5, 5.41) is 26.6. The topological polar surface area (TPSA) is 199 Å². The van der Waals surface area contributed by atoms with E-state index in [0.717, 1.165) is 33.3 Å². The van der Waals surface area contributed by atoms with E-state index in [9.17, 15) is 34.3 Å². The first-order valence-electron chi connectivity index (χ1n) is 23.1. The summed E-state index contributed by atoms with van der Waals surface area (Å²) < 4.78 is 13.9. The van der Waals surface area contributed by atoms with Crippen LogP contribution in [0, 0.1) is 28.6 Å². The number of methoxy groups -OCH3 is 1. The first-order chi connectivity index (χ1) is 32.0. The van der Waals surface area contributed by atoms with E-state index >= 15 is 0 Å². The molecule has 0 saturated carbocycles. The third kappa shape index (κ3) is 10.2. The molecule has 0 spiro atoms. The third-order valence-electron chi connectivity index (χ3n) is 13.2. The zero-order valence-electron chi connectivity index (χ0n) is 39.6. The number of likely N-dealkylation sites (tertiary alicyclic amines) is 1. The van der Waals surface area contributed by atoms with Gasteiger partial charge in [0.2, 0.25) is 17.7 Å². The molecule has 16 nitrogen and oxygen atoms in total. The van der Waals surface area contributed by atoms with E-state index in [4.69, 9.17) is 9.47 Å². The lowest BCUT2D eigenvalue weighted by Crippen LogP contribution is -2.62. The zero-order valence-corrected chi connectivity index (χ0v) is 39.6.